The summed E-state index contributed by atoms with van der Waals surface area (Å²) in [6, 6.07) is 25.4. The van der Waals surface area contributed by atoms with Gasteiger partial charge in [0.05, 0.1) is 0 Å². The van der Waals surface area contributed by atoms with Gasteiger partial charge in [-0.15, -0.1) is 0 Å². The Morgan fingerprint density at radius 2 is 1.70 bits per heavy atom. The molecular formula is C18H13O2. The molecule has 1 radical (unpaired) electrons. The number of benzene rings is 3. The molecule has 0 aromatic heterocycles. The van der Waals surface area contributed by atoms with Gasteiger partial charge in [0, 0.05) is 11.6 Å². The summed E-state index contributed by atoms with van der Waals surface area (Å²) in [4.78, 5) is 0. The molecule has 1 N–H and O–H groups in total. The molecule has 20 heavy (non-hydrogen) atoms. The third-order valence-corrected chi connectivity index (χ3v) is 2.94. The van der Waals surface area contributed by atoms with E-state index in [0.717, 1.165) is 16.9 Å². The zero-order valence-electron chi connectivity index (χ0n) is 10.8. The van der Waals surface area contributed by atoms with E-state index in [1.54, 1.807) is 12.1 Å². The van der Waals surface area contributed by atoms with E-state index in [9.17, 15) is 5.11 Å². The van der Waals surface area contributed by atoms with Gasteiger partial charge in [-0.05, 0) is 29.8 Å². The zero-order chi connectivity index (χ0) is 13.8. The van der Waals surface area contributed by atoms with Crippen molar-refractivity contribution < 1.29 is 9.84 Å². The Morgan fingerprint density at radius 1 is 0.850 bits per heavy atom. The van der Waals surface area contributed by atoms with Crippen molar-refractivity contribution in [1.82, 2.24) is 0 Å². The molecule has 0 saturated carbocycles. The number of ether oxygens (including phenoxy) is 1. The normalized spacial score (nSPS) is 10.2. The van der Waals surface area contributed by atoms with Gasteiger partial charge in [0.15, 0.2) is 0 Å². The molecule has 0 aliphatic heterocycles. The molecule has 0 atom stereocenters. The van der Waals surface area contributed by atoms with Crippen LogP contribution in [0.2, 0.25) is 0 Å². The largest absolute Gasteiger partial charge is 0.508 e. The number of phenolic OH excluding ortho intramolecular Hbond substituents is 1. The lowest BCUT2D eigenvalue weighted by Gasteiger charge is -2.11. The Morgan fingerprint density at radius 3 is 2.50 bits per heavy atom. The lowest BCUT2D eigenvalue weighted by Crippen LogP contribution is -1.88. The Balaban J connectivity index is 2.00. The molecule has 3 aromatic carbocycles. The molecule has 2 nitrogen and oxygen atoms in total. The fourth-order valence-corrected chi connectivity index (χ4v) is 2.01. The summed E-state index contributed by atoms with van der Waals surface area (Å²) in [5.74, 6) is 1.64. The molecule has 0 aliphatic carbocycles. The first-order valence-corrected chi connectivity index (χ1v) is 6.36. The smallest absolute Gasteiger partial charge is 0.143 e. The molecule has 3 aromatic rings. The van der Waals surface area contributed by atoms with Crippen LogP contribution in [0.25, 0.3) is 11.1 Å². The van der Waals surface area contributed by atoms with Crippen LogP contribution in [-0.4, -0.2) is 5.11 Å². The van der Waals surface area contributed by atoms with E-state index >= 15 is 0 Å². The highest BCUT2D eigenvalue weighted by molar-refractivity contribution is 5.71. The fraction of sp³-hybridized carbons (Fsp3) is 0. The van der Waals surface area contributed by atoms with Crippen LogP contribution >= 0.6 is 0 Å². The molecule has 0 aliphatic rings. The van der Waals surface area contributed by atoms with E-state index in [-0.39, 0.29) is 5.75 Å². The molecule has 0 amide bonds. The Labute approximate surface area is 117 Å². The van der Waals surface area contributed by atoms with Crippen LogP contribution in [0, 0.1) is 6.07 Å². The first-order chi connectivity index (χ1) is 9.83. The van der Waals surface area contributed by atoms with Crippen LogP contribution in [0.15, 0.2) is 72.8 Å². The van der Waals surface area contributed by atoms with Gasteiger partial charge >= 0.3 is 0 Å². The van der Waals surface area contributed by atoms with Gasteiger partial charge in [0.1, 0.15) is 17.2 Å². The minimum absolute atomic E-state index is 0.233. The maximum atomic E-state index is 9.60. The second-order valence-electron chi connectivity index (χ2n) is 4.38. The summed E-state index contributed by atoms with van der Waals surface area (Å²) in [6.07, 6.45) is 0. The van der Waals surface area contributed by atoms with E-state index in [2.05, 4.69) is 6.07 Å². The van der Waals surface area contributed by atoms with Crippen molar-refractivity contribution in [1.29, 1.82) is 0 Å². The van der Waals surface area contributed by atoms with Gasteiger partial charge < -0.3 is 9.84 Å². The van der Waals surface area contributed by atoms with Crippen molar-refractivity contribution in [2.75, 3.05) is 0 Å². The van der Waals surface area contributed by atoms with Crippen molar-refractivity contribution >= 4 is 0 Å². The highest BCUT2D eigenvalue weighted by Gasteiger charge is 2.07. The minimum atomic E-state index is 0.233. The van der Waals surface area contributed by atoms with Gasteiger partial charge in [0.25, 0.3) is 0 Å². The van der Waals surface area contributed by atoms with Gasteiger partial charge in [-0.3, -0.25) is 0 Å². The molecular weight excluding hydrogens is 248 g/mol. The van der Waals surface area contributed by atoms with Gasteiger partial charge in [-0.2, -0.15) is 0 Å². The number of para-hydroxylation sites is 2. The van der Waals surface area contributed by atoms with Gasteiger partial charge in [-0.1, -0.05) is 48.5 Å². The monoisotopic (exact) mass is 261 g/mol. The third-order valence-electron chi connectivity index (χ3n) is 2.94. The lowest BCUT2D eigenvalue weighted by atomic mass is 10.0. The van der Waals surface area contributed by atoms with Crippen LogP contribution in [-0.2, 0) is 0 Å². The first kappa shape index (κ1) is 12.3. The second kappa shape index (κ2) is 5.49. The van der Waals surface area contributed by atoms with Crippen molar-refractivity contribution in [3.63, 3.8) is 0 Å². The van der Waals surface area contributed by atoms with E-state index in [4.69, 9.17) is 4.74 Å². The van der Waals surface area contributed by atoms with Crippen molar-refractivity contribution in [2.45, 2.75) is 0 Å². The van der Waals surface area contributed by atoms with Crippen molar-refractivity contribution in [2.24, 2.45) is 0 Å². The molecule has 97 valence electrons. The quantitative estimate of drug-likeness (QED) is 0.743. The predicted molar refractivity (Wildman–Crippen MR) is 78.9 cm³/mol. The van der Waals surface area contributed by atoms with E-state index in [1.807, 2.05) is 60.7 Å². The number of rotatable bonds is 3. The molecule has 0 heterocycles. The summed E-state index contributed by atoms with van der Waals surface area (Å²) < 4.78 is 5.87. The Hall–Kier alpha value is -2.74. The maximum Gasteiger partial charge on any atom is 0.143 e. The van der Waals surface area contributed by atoms with Gasteiger partial charge in [0.2, 0.25) is 0 Å². The van der Waals surface area contributed by atoms with E-state index in [1.165, 1.54) is 0 Å². The highest BCUT2D eigenvalue weighted by atomic mass is 16.5. The SMILES string of the molecule is Oc1cccc(-c2ccc[c]c2Oc2ccccc2)c1. The standard InChI is InChI=1S/C18H13O2/c19-15-8-6-7-14(13-15)17-11-4-5-12-18(17)20-16-9-2-1-3-10-16/h1-11,13,19H. The summed E-state index contributed by atoms with van der Waals surface area (Å²) in [7, 11) is 0. The molecule has 0 fully saturated rings. The highest BCUT2D eigenvalue weighted by Crippen LogP contribution is 2.33. The van der Waals surface area contributed by atoms with Crippen LogP contribution < -0.4 is 4.74 Å². The first-order valence-electron chi connectivity index (χ1n) is 6.36. The zero-order valence-corrected chi connectivity index (χ0v) is 10.8. The van der Waals surface area contributed by atoms with Crippen molar-refractivity contribution in [3.05, 3.63) is 78.9 Å². The fourth-order valence-electron chi connectivity index (χ4n) is 2.01. The molecule has 3 rings (SSSR count). The molecule has 0 bridgehead atoms. The molecule has 0 spiro atoms. The van der Waals surface area contributed by atoms with Crippen LogP contribution in [0.1, 0.15) is 0 Å². The minimum Gasteiger partial charge on any atom is -0.508 e. The second-order valence-corrected chi connectivity index (χ2v) is 4.38. The number of hydrogen-bond acceptors (Lipinski definition) is 2. The van der Waals surface area contributed by atoms with Crippen LogP contribution in [0.5, 0.6) is 17.2 Å². The molecule has 0 unspecified atom stereocenters. The lowest BCUT2D eigenvalue weighted by molar-refractivity contribution is 0.475. The van der Waals surface area contributed by atoms with Crippen LogP contribution in [0.4, 0.5) is 0 Å². The average molecular weight is 261 g/mol. The average Bonchev–Trinajstić information content (AvgIpc) is 2.49. The topological polar surface area (TPSA) is 29.5 Å². The van der Waals surface area contributed by atoms with Gasteiger partial charge in [-0.25, -0.2) is 0 Å². The number of aromatic hydroxyl groups is 1. The summed E-state index contributed by atoms with van der Waals surface area (Å²) in [5, 5.41) is 9.60. The predicted octanol–water partition coefficient (Wildman–Crippen LogP) is 4.65. The summed E-state index contributed by atoms with van der Waals surface area (Å²) >= 11 is 0. The third kappa shape index (κ3) is 2.64. The molecule has 2 heteroatoms. The number of phenols is 1. The molecule has 0 saturated heterocycles. The maximum absolute atomic E-state index is 9.60. The van der Waals surface area contributed by atoms with Crippen molar-refractivity contribution in [3.8, 4) is 28.4 Å². The van der Waals surface area contributed by atoms with Crippen LogP contribution in [0.3, 0.4) is 0 Å². The van der Waals surface area contributed by atoms with E-state index < -0.39 is 0 Å². The van der Waals surface area contributed by atoms with E-state index in [0.29, 0.717) is 5.75 Å². The Kier molecular flexibility index (Phi) is 3.38. The number of hydrogen-bond donors (Lipinski definition) is 1. The summed E-state index contributed by atoms with van der Waals surface area (Å²) in [6.45, 7) is 0. The Bertz CT molecular complexity index is 705. The summed E-state index contributed by atoms with van der Waals surface area (Å²) in [5.41, 5.74) is 1.79.